The van der Waals surface area contributed by atoms with Gasteiger partial charge in [-0.25, -0.2) is 18.3 Å². The molecule has 1 aromatic carbocycles. The number of benzene rings is 1. The summed E-state index contributed by atoms with van der Waals surface area (Å²) in [4.78, 5) is 14.1. The predicted octanol–water partition coefficient (Wildman–Crippen LogP) is 3.10. The van der Waals surface area contributed by atoms with Crippen molar-refractivity contribution in [3.63, 3.8) is 0 Å². The van der Waals surface area contributed by atoms with E-state index < -0.39 is 17.2 Å². The number of urea groups is 1. The van der Waals surface area contributed by atoms with Gasteiger partial charge in [0, 0.05) is 12.1 Å². The number of ether oxygens (including phenoxy) is 1. The van der Waals surface area contributed by atoms with Crippen molar-refractivity contribution < 1.29 is 23.4 Å². The van der Waals surface area contributed by atoms with E-state index in [1.165, 1.54) is 18.0 Å². The van der Waals surface area contributed by atoms with E-state index in [9.17, 15) is 18.7 Å². The Kier molecular flexibility index (Phi) is 4.94. The molecule has 2 aromatic rings. The van der Waals surface area contributed by atoms with Gasteiger partial charge in [0.15, 0.2) is 17.4 Å². The molecule has 4 rings (SSSR count). The van der Waals surface area contributed by atoms with E-state index in [-0.39, 0.29) is 23.4 Å². The number of amides is 2. The van der Waals surface area contributed by atoms with Crippen molar-refractivity contribution in [1.29, 1.82) is 0 Å². The summed E-state index contributed by atoms with van der Waals surface area (Å²) in [5.41, 5.74) is 0.188. The number of halogens is 2. The molecule has 1 saturated heterocycles. The molecule has 9 heteroatoms. The minimum atomic E-state index is -0.766. The molecule has 0 spiro atoms. The van der Waals surface area contributed by atoms with Gasteiger partial charge in [-0.3, -0.25) is 0 Å². The number of rotatable bonds is 6. The van der Waals surface area contributed by atoms with Crippen LogP contribution in [0.2, 0.25) is 0 Å². The van der Waals surface area contributed by atoms with Gasteiger partial charge in [0.2, 0.25) is 0 Å². The van der Waals surface area contributed by atoms with Gasteiger partial charge < -0.3 is 20.1 Å². The Balaban J connectivity index is 1.56. The van der Waals surface area contributed by atoms with Crippen molar-refractivity contribution in [2.75, 3.05) is 25.5 Å². The molecular formula is C20H24F2N4O3. The van der Waals surface area contributed by atoms with E-state index in [1.54, 1.807) is 4.90 Å². The maximum Gasteiger partial charge on any atom is 0.322 e. The second-order valence-electron chi connectivity index (χ2n) is 7.77. The number of carbonyl (C=O) groups is 1. The number of likely N-dealkylation sites (tertiary alicyclic amines) is 1. The lowest BCUT2D eigenvalue weighted by molar-refractivity contribution is -0.0897. The standard InChI is InChI=1S/C20H24F2N4O3/c1-3-4-16-15(24-19(27)25-10-20(28,11-25)12-5-6-12)9-23-26(16)17-7-14(22)18(29-2)8-13(17)21/h7-9,12,28H,3-6,10-11H2,1-2H3,(H,24,27). The van der Waals surface area contributed by atoms with E-state index >= 15 is 0 Å². The fourth-order valence-electron chi connectivity index (χ4n) is 3.83. The maximum absolute atomic E-state index is 14.5. The minimum Gasteiger partial charge on any atom is -0.494 e. The van der Waals surface area contributed by atoms with E-state index in [0.29, 0.717) is 30.9 Å². The lowest BCUT2D eigenvalue weighted by Crippen LogP contribution is -2.65. The first-order valence-corrected chi connectivity index (χ1v) is 9.75. The number of nitrogens with zero attached hydrogens (tertiary/aromatic N) is 3. The monoisotopic (exact) mass is 406 g/mol. The third-order valence-corrected chi connectivity index (χ3v) is 5.60. The molecule has 0 atom stereocenters. The number of nitrogens with one attached hydrogen (secondary N) is 1. The molecule has 1 aliphatic heterocycles. The third kappa shape index (κ3) is 3.55. The Morgan fingerprint density at radius 1 is 1.34 bits per heavy atom. The Bertz CT molecular complexity index is 936. The van der Waals surface area contributed by atoms with Crippen LogP contribution in [0.5, 0.6) is 5.75 Å². The zero-order chi connectivity index (χ0) is 20.8. The van der Waals surface area contributed by atoms with Crippen LogP contribution in [0.25, 0.3) is 5.69 Å². The summed E-state index contributed by atoms with van der Waals surface area (Å²) in [6, 6.07) is 1.66. The average molecular weight is 406 g/mol. The van der Waals surface area contributed by atoms with Crippen LogP contribution in [0.3, 0.4) is 0 Å². The molecule has 29 heavy (non-hydrogen) atoms. The number of aromatic nitrogens is 2. The van der Waals surface area contributed by atoms with Crippen molar-refractivity contribution in [3.8, 4) is 11.4 Å². The zero-order valence-electron chi connectivity index (χ0n) is 16.4. The number of hydrogen-bond acceptors (Lipinski definition) is 4. The Labute approximate surface area is 167 Å². The van der Waals surface area contributed by atoms with Crippen molar-refractivity contribution in [1.82, 2.24) is 14.7 Å². The summed E-state index contributed by atoms with van der Waals surface area (Å²) in [6.07, 6.45) is 4.67. The minimum absolute atomic E-state index is 0.0562. The van der Waals surface area contributed by atoms with Gasteiger partial charge in [0.25, 0.3) is 0 Å². The summed E-state index contributed by atoms with van der Waals surface area (Å²) in [5.74, 6) is -1.28. The Morgan fingerprint density at radius 2 is 2.07 bits per heavy atom. The molecule has 0 unspecified atom stereocenters. The van der Waals surface area contributed by atoms with Crippen LogP contribution < -0.4 is 10.1 Å². The van der Waals surface area contributed by atoms with Crippen LogP contribution in [-0.2, 0) is 6.42 Å². The molecule has 0 radical (unpaired) electrons. The van der Waals surface area contributed by atoms with Crippen molar-refractivity contribution in [2.24, 2.45) is 5.92 Å². The molecule has 2 amide bonds. The second kappa shape index (κ2) is 7.29. The first kappa shape index (κ1) is 19.6. The van der Waals surface area contributed by atoms with Crippen LogP contribution in [0, 0.1) is 17.6 Å². The van der Waals surface area contributed by atoms with Gasteiger partial charge in [-0.1, -0.05) is 13.3 Å². The van der Waals surface area contributed by atoms with E-state index in [2.05, 4.69) is 10.4 Å². The molecule has 7 nitrogen and oxygen atoms in total. The normalized spacial score (nSPS) is 17.8. The van der Waals surface area contributed by atoms with E-state index in [0.717, 1.165) is 31.4 Å². The molecule has 1 saturated carbocycles. The summed E-state index contributed by atoms with van der Waals surface area (Å²) < 4.78 is 34.7. The molecule has 0 bridgehead atoms. The summed E-state index contributed by atoms with van der Waals surface area (Å²) >= 11 is 0. The van der Waals surface area contributed by atoms with Crippen LogP contribution in [-0.4, -0.2) is 51.6 Å². The van der Waals surface area contributed by atoms with Gasteiger partial charge in [-0.05, 0) is 25.2 Å². The van der Waals surface area contributed by atoms with E-state index in [1.807, 2.05) is 6.92 Å². The van der Waals surface area contributed by atoms with Crippen molar-refractivity contribution in [2.45, 2.75) is 38.2 Å². The SMILES string of the molecule is CCCc1c(NC(=O)N2CC(O)(C3CC3)C2)cnn1-c1cc(F)c(OC)cc1F. The van der Waals surface area contributed by atoms with Gasteiger partial charge >= 0.3 is 6.03 Å². The quantitative estimate of drug-likeness (QED) is 0.773. The zero-order valence-corrected chi connectivity index (χ0v) is 16.4. The van der Waals surface area contributed by atoms with Crippen molar-refractivity contribution >= 4 is 11.7 Å². The highest BCUT2D eigenvalue weighted by atomic mass is 19.1. The lowest BCUT2D eigenvalue weighted by Gasteiger charge is -2.46. The highest BCUT2D eigenvalue weighted by Gasteiger charge is 2.53. The number of β-amino-alcohol motifs (C(OH)–C–C–N with tert-alkyl or cyclic N) is 1. The maximum atomic E-state index is 14.5. The van der Waals surface area contributed by atoms with Gasteiger partial charge in [-0.2, -0.15) is 5.10 Å². The number of hydrogen-bond donors (Lipinski definition) is 2. The smallest absolute Gasteiger partial charge is 0.322 e. The van der Waals surface area contributed by atoms with Gasteiger partial charge in [-0.15, -0.1) is 0 Å². The third-order valence-electron chi connectivity index (χ3n) is 5.60. The molecular weight excluding hydrogens is 382 g/mol. The van der Waals surface area contributed by atoms with Crippen LogP contribution in [0.4, 0.5) is 19.3 Å². The molecule has 1 aromatic heterocycles. The number of methoxy groups -OCH3 is 1. The number of anilines is 1. The molecule has 2 N–H and O–H groups in total. The molecule has 2 heterocycles. The highest BCUT2D eigenvalue weighted by Crippen LogP contribution is 2.44. The summed E-state index contributed by atoms with van der Waals surface area (Å²) in [6.45, 7) is 2.55. The molecule has 2 fully saturated rings. The highest BCUT2D eigenvalue weighted by molar-refractivity contribution is 5.90. The second-order valence-corrected chi connectivity index (χ2v) is 7.77. The molecule has 1 aliphatic carbocycles. The van der Waals surface area contributed by atoms with Crippen LogP contribution in [0.1, 0.15) is 31.9 Å². The first-order valence-electron chi connectivity index (χ1n) is 9.75. The summed E-state index contributed by atoms with van der Waals surface area (Å²) in [7, 11) is 1.27. The summed E-state index contributed by atoms with van der Waals surface area (Å²) in [5, 5.41) is 17.4. The van der Waals surface area contributed by atoms with Gasteiger partial charge in [0.05, 0.1) is 37.8 Å². The Morgan fingerprint density at radius 3 is 2.69 bits per heavy atom. The fraction of sp³-hybridized carbons (Fsp3) is 0.500. The predicted molar refractivity (Wildman–Crippen MR) is 102 cm³/mol. The number of carbonyl (C=O) groups excluding carboxylic acids is 1. The van der Waals surface area contributed by atoms with Crippen LogP contribution >= 0.6 is 0 Å². The Hall–Kier alpha value is -2.68. The van der Waals surface area contributed by atoms with Gasteiger partial charge in [0.1, 0.15) is 11.3 Å². The van der Waals surface area contributed by atoms with Crippen molar-refractivity contribution in [3.05, 3.63) is 35.7 Å². The molecule has 156 valence electrons. The van der Waals surface area contributed by atoms with E-state index in [4.69, 9.17) is 4.74 Å². The molecule has 2 aliphatic rings. The lowest BCUT2D eigenvalue weighted by atomic mass is 9.89. The average Bonchev–Trinajstić information content (AvgIpc) is 3.45. The largest absolute Gasteiger partial charge is 0.494 e. The fourth-order valence-corrected chi connectivity index (χ4v) is 3.83. The first-order chi connectivity index (χ1) is 13.9. The number of aliphatic hydroxyl groups is 1. The van der Waals surface area contributed by atoms with Crippen LogP contribution in [0.15, 0.2) is 18.3 Å². The topological polar surface area (TPSA) is 79.6 Å².